The van der Waals surface area contributed by atoms with E-state index in [1.54, 1.807) is 19.1 Å². The number of hydrogen-bond acceptors (Lipinski definition) is 4. The van der Waals surface area contributed by atoms with Gasteiger partial charge in [-0.25, -0.2) is 4.79 Å². The van der Waals surface area contributed by atoms with Crippen LogP contribution < -0.4 is 10.6 Å². The van der Waals surface area contributed by atoms with E-state index in [1.165, 1.54) is 11.8 Å². The van der Waals surface area contributed by atoms with Crippen molar-refractivity contribution in [3.63, 3.8) is 0 Å². The first-order valence-electron chi connectivity index (χ1n) is 9.04. The van der Waals surface area contributed by atoms with Crippen LogP contribution in [-0.4, -0.2) is 29.3 Å². The molecule has 27 heavy (non-hydrogen) atoms. The Balaban J connectivity index is 1.46. The van der Waals surface area contributed by atoms with Crippen molar-refractivity contribution in [1.82, 2.24) is 15.5 Å². The molecule has 0 bridgehead atoms. The van der Waals surface area contributed by atoms with Crippen molar-refractivity contribution in [3.05, 3.63) is 59.5 Å². The van der Waals surface area contributed by atoms with E-state index < -0.39 is 17.5 Å². The molecule has 4 rings (SSSR count). The van der Waals surface area contributed by atoms with Crippen LogP contribution in [0.15, 0.2) is 47.1 Å². The average Bonchev–Trinajstić information content (AvgIpc) is 3.27. The van der Waals surface area contributed by atoms with Crippen LogP contribution in [0.1, 0.15) is 42.7 Å². The van der Waals surface area contributed by atoms with Crippen molar-refractivity contribution >= 4 is 17.8 Å². The predicted molar refractivity (Wildman–Crippen MR) is 96.6 cm³/mol. The zero-order valence-electron chi connectivity index (χ0n) is 15.0. The van der Waals surface area contributed by atoms with E-state index in [9.17, 15) is 14.4 Å². The van der Waals surface area contributed by atoms with Crippen LogP contribution in [0.2, 0.25) is 0 Å². The van der Waals surface area contributed by atoms with Gasteiger partial charge in [0.05, 0.1) is 12.3 Å². The Morgan fingerprint density at radius 1 is 1.30 bits per heavy atom. The van der Waals surface area contributed by atoms with Crippen LogP contribution in [0.25, 0.3) is 0 Å². The number of carbonyl (C=O) groups excluding carboxylic acids is 3. The Hall–Kier alpha value is -3.09. The minimum Gasteiger partial charge on any atom is -0.466 e. The minimum atomic E-state index is -1.29. The summed E-state index contributed by atoms with van der Waals surface area (Å²) in [7, 11) is 0. The second-order valence-electron chi connectivity index (χ2n) is 7.13. The highest BCUT2D eigenvalue weighted by atomic mass is 16.3. The molecule has 2 aliphatic rings. The highest BCUT2D eigenvalue weighted by molar-refractivity contribution is 6.08. The number of nitrogens with one attached hydrogen (secondary N) is 2. The van der Waals surface area contributed by atoms with Crippen molar-refractivity contribution < 1.29 is 18.8 Å². The molecule has 0 saturated carbocycles. The summed E-state index contributed by atoms with van der Waals surface area (Å²) < 4.78 is 5.29. The highest BCUT2D eigenvalue weighted by Gasteiger charge is 2.51. The summed E-state index contributed by atoms with van der Waals surface area (Å²) in [5.74, 6) is -0.518. The Bertz CT molecular complexity index is 892. The molecule has 2 unspecified atom stereocenters. The minimum absolute atomic E-state index is 0.0975. The monoisotopic (exact) mass is 367 g/mol. The van der Waals surface area contributed by atoms with Gasteiger partial charge in [0.15, 0.2) is 5.54 Å². The molecule has 4 amide bonds. The van der Waals surface area contributed by atoms with Gasteiger partial charge in [0.1, 0.15) is 12.3 Å². The molecule has 2 atom stereocenters. The molecule has 140 valence electrons. The van der Waals surface area contributed by atoms with Crippen LogP contribution in [0.5, 0.6) is 0 Å². The zero-order chi connectivity index (χ0) is 19.0. The lowest BCUT2D eigenvalue weighted by Gasteiger charge is -2.27. The lowest BCUT2D eigenvalue weighted by atomic mass is 9.88. The lowest BCUT2D eigenvalue weighted by Crippen LogP contribution is -2.44. The van der Waals surface area contributed by atoms with E-state index in [0.717, 1.165) is 29.7 Å². The summed E-state index contributed by atoms with van der Waals surface area (Å²) >= 11 is 0. The van der Waals surface area contributed by atoms with Crippen molar-refractivity contribution in [2.24, 2.45) is 0 Å². The smallest absolute Gasteiger partial charge is 0.325 e. The molecule has 2 aromatic rings. The van der Waals surface area contributed by atoms with Crippen molar-refractivity contribution in [3.8, 4) is 0 Å². The first-order valence-corrected chi connectivity index (χ1v) is 9.04. The molecule has 7 nitrogen and oxygen atoms in total. The number of urea groups is 1. The SMILES string of the molecule is CC1(c2ccco2)NC(=O)N(CC(=O)NC2CCCc3ccccc32)C1=O. The Morgan fingerprint density at radius 3 is 2.89 bits per heavy atom. The van der Waals surface area contributed by atoms with Gasteiger partial charge in [-0.1, -0.05) is 24.3 Å². The van der Waals surface area contributed by atoms with E-state index in [-0.39, 0.29) is 18.5 Å². The van der Waals surface area contributed by atoms with Crippen LogP contribution in [0, 0.1) is 0 Å². The normalized spacial score (nSPS) is 24.5. The summed E-state index contributed by atoms with van der Waals surface area (Å²) in [4.78, 5) is 38.6. The van der Waals surface area contributed by atoms with Crippen molar-refractivity contribution in [2.75, 3.05) is 6.54 Å². The fourth-order valence-corrected chi connectivity index (χ4v) is 3.86. The van der Waals surface area contributed by atoms with Crippen molar-refractivity contribution in [1.29, 1.82) is 0 Å². The molecule has 0 radical (unpaired) electrons. The molecule has 2 heterocycles. The summed E-state index contributed by atoms with van der Waals surface area (Å²) in [6.45, 7) is 1.25. The molecule has 1 saturated heterocycles. The zero-order valence-corrected chi connectivity index (χ0v) is 15.0. The summed E-state index contributed by atoms with van der Waals surface area (Å²) in [6, 6.07) is 10.6. The first kappa shape index (κ1) is 17.3. The molecular formula is C20H21N3O4. The molecule has 2 N–H and O–H groups in total. The van der Waals surface area contributed by atoms with Gasteiger partial charge >= 0.3 is 6.03 Å². The van der Waals surface area contributed by atoms with Crippen molar-refractivity contribution in [2.45, 2.75) is 37.8 Å². The summed E-state index contributed by atoms with van der Waals surface area (Å²) in [5, 5.41) is 5.59. The number of nitrogens with zero attached hydrogens (tertiary/aromatic N) is 1. The molecule has 7 heteroatoms. The van der Waals surface area contributed by atoms with Gasteiger partial charge < -0.3 is 15.1 Å². The molecule has 1 aromatic heterocycles. The second kappa shape index (κ2) is 6.57. The first-order chi connectivity index (χ1) is 13.0. The van der Waals surface area contributed by atoms with E-state index in [1.807, 2.05) is 18.2 Å². The number of carbonyl (C=O) groups is 3. The number of rotatable bonds is 4. The lowest BCUT2D eigenvalue weighted by molar-refractivity contribution is -0.135. The van der Waals surface area contributed by atoms with Gasteiger partial charge in [-0.05, 0) is 49.4 Å². The standard InChI is InChI=1S/C20H21N3O4/c1-20(16-10-5-11-27-16)18(25)23(19(26)22-20)12-17(24)21-15-9-4-7-13-6-2-3-8-14(13)15/h2-3,5-6,8,10-11,15H,4,7,9,12H2,1H3,(H,21,24)(H,22,26). The average molecular weight is 367 g/mol. The maximum absolute atomic E-state index is 12.8. The Labute approximate surface area is 156 Å². The maximum Gasteiger partial charge on any atom is 0.325 e. The third-order valence-electron chi connectivity index (χ3n) is 5.30. The topological polar surface area (TPSA) is 91.7 Å². The molecule has 1 aliphatic heterocycles. The quantitative estimate of drug-likeness (QED) is 0.811. The Kier molecular flexibility index (Phi) is 4.22. The molecule has 1 fully saturated rings. The highest BCUT2D eigenvalue weighted by Crippen LogP contribution is 2.30. The Morgan fingerprint density at radius 2 is 2.11 bits per heavy atom. The second-order valence-corrected chi connectivity index (χ2v) is 7.13. The summed E-state index contributed by atoms with van der Waals surface area (Å²) in [6.07, 6.45) is 4.27. The number of imide groups is 1. The van der Waals surface area contributed by atoms with Crippen LogP contribution in [-0.2, 0) is 21.5 Å². The van der Waals surface area contributed by atoms with Gasteiger partial charge in [-0.15, -0.1) is 0 Å². The maximum atomic E-state index is 12.8. The number of fused-ring (bicyclic) bond motifs is 1. The van der Waals surface area contributed by atoms with Crippen LogP contribution in [0.3, 0.4) is 0 Å². The number of benzene rings is 1. The van der Waals surface area contributed by atoms with Gasteiger partial charge in [-0.2, -0.15) is 0 Å². The van der Waals surface area contributed by atoms with Gasteiger partial charge in [0.2, 0.25) is 5.91 Å². The fourth-order valence-electron chi connectivity index (χ4n) is 3.86. The van der Waals surface area contributed by atoms with Gasteiger partial charge in [0, 0.05) is 0 Å². The molecule has 0 spiro atoms. The largest absolute Gasteiger partial charge is 0.466 e. The molecule has 1 aromatic carbocycles. The molecular weight excluding hydrogens is 346 g/mol. The summed E-state index contributed by atoms with van der Waals surface area (Å²) in [5.41, 5.74) is 1.04. The van der Waals surface area contributed by atoms with Gasteiger partial charge in [-0.3, -0.25) is 14.5 Å². The van der Waals surface area contributed by atoms with E-state index in [0.29, 0.717) is 5.76 Å². The van der Waals surface area contributed by atoms with E-state index in [4.69, 9.17) is 4.42 Å². The number of aryl methyl sites for hydroxylation is 1. The number of hydrogen-bond donors (Lipinski definition) is 2. The van der Waals surface area contributed by atoms with E-state index in [2.05, 4.69) is 16.7 Å². The van der Waals surface area contributed by atoms with E-state index >= 15 is 0 Å². The molecule has 1 aliphatic carbocycles. The van der Waals surface area contributed by atoms with Crippen LogP contribution >= 0.6 is 0 Å². The van der Waals surface area contributed by atoms with Crippen LogP contribution in [0.4, 0.5) is 4.79 Å². The number of furan rings is 1. The number of amides is 4. The third-order valence-corrected chi connectivity index (χ3v) is 5.30. The predicted octanol–water partition coefficient (Wildman–Crippen LogP) is 2.24. The van der Waals surface area contributed by atoms with Gasteiger partial charge in [0.25, 0.3) is 5.91 Å². The third kappa shape index (κ3) is 2.99. The fraction of sp³-hybridized carbons (Fsp3) is 0.350.